The number of nitrogens with zero attached hydrogens (tertiary/aromatic N) is 1. The van der Waals surface area contributed by atoms with E-state index < -0.39 is 0 Å². The molecule has 1 aliphatic rings. The quantitative estimate of drug-likeness (QED) is 0.712. The molecule has 1 aromatic rings. The van der Waals surface area contributed by atoms with Gasteiger partial charge in [-0.3, -0.25) is 4.90 Å². The molecule has 0 radical (unpaired) electrons. The van der Waals surface area contributed by atoms with Crippen LogP contribution in [0.1, 0.15) is 51.1 Å². The zero-order valence-corrected chi connectivity index (χ0v) is 13.8. The average molecular weight is 290 g/mol. The Morgan fingerprint density at radius 2 is 2.05 bits per heavy atom. The molecular formula is C18H30N2O. The van der Waals surface area contributed by atoms with Gasteiger partial charge in [0.05, 0.1) is 7.11 Å². The van der Waals surface area contributed by atoms with Crippen molar-refractivity contribution in [2.45, 2.75) is 51.6 Å². The molecule has 118 valence electrons. The van der Waals surface area contributed by atoms with E-state index in [0.29, 0.717) is 6.04 Å². The number of rotatable bonds is 10. The average Bonchev–Trinajstić information content (AvgIpc) is 3.35. The van der Waals surface area contributed by atoms with Gasteiger partial charge in [-0.05, 0) is 38.4 Å². The predicted molar refractivity (Wildman–Crippen MR) is 88.9 cm³/mol. The second-order valence-electron chi connectivity index (χ2n) is 5.93. The lowest BCUT2D eigenvalue weighted by molar-refractivity contribution is 0.228. The first-order valence-electron chi connectivity index (χ1n) is 8.40. The van der Waals surface area contributed by atoms with Crippen molar-refractivity contribution < 1.29 is 4.74 Å². The molecule has 1 aromatic carbocycles. The lowest BCUT2D eigenvalue weighted by Gasteiger charge is -2.29. The normalized spacial score (nSPS) is 16.2. The first-order valence-corrected chi connectivity index (χ1v) is 8.40. The van der Waals surface area contributed by atoms with E-state index in [1.54, 1.807) is 7.11 Å². The number of nitrogens with one attached hydrogen (secondary N) is 1. The highest BCUT2D eigenvalue weighted by Gasteiger charge is 2.30. The van der Waals surface area contributed by atoms with Gasteiger partial charge in [-0.15, -0.1) is 0 Å². The number of benzene rings is 1. The van der Waals surface area contributed by atoms with Crippen LogP contribution in [0, 0.1) is 0 Å². The minimum Gasteiger partial charge on any atom is -0.496 e. The summed E-state index contributed by atoms with van der Waals surface area (Å²) in [7, 11) is 1.76. The van der Waals surface area contributed by atoms with Gasteiger partial charge in [0.25, 0.3) is 0 Å². The fourth-order valence-corrected chi connectivity index (χ4v) is 2.93. The number of unbranched alkanes of at least 4 members (excludes halogenated alkanes) is 1. The van der Waals surface area contributed by atoms with Gasteiger partial charge < -0.3 is 10.1 Å². The van der Waals surface area contributed by atoms with Gasteiger partial charge in [-0.2, -0.15) is 0 Å². The fourth-order valence-electron chi connectivity index (χ4n) is 2.93. The molecule has 1 fully saturated rings. The van der Waals surface area contributed by atoms with E-state index in [2.05, 4.69) is 42.3 Å². The number of para-hydroxylation sites is 1. The van der Waals surface area contributed by atoms with Crippen molar-refractivity contribution >= 4 is 0 Å². The summed E-state index contributed by atoms with van der Waals surface area (Å²) < 4.78 is 5.55. The van der Waals surface area contributed by atoms with E-state index >= 15 is 0 Å². The minimum absolute atomic E-state index is 0.351. The summed E-state index contributed by atoms with van der Waals surface area (Å²) in [5.74, 6) is 0.995. The molecule has 0 aromatic heterocycles. The van der Waals surface area contributed by atoms with Gasteiger partial charge in [0.1, 0.15) is 5.75 Å². The van der Waals surface area contributed by atoms with Crippen molar-refractivity contribution in [3.63, 3.8) is 0 Å². The molecule has 1 unspecified atom stereocenters. The molecule has 1 atom stereocenters. The highest BCUT2D eigenvalue weighted by atomic mass is 16.5. The van der Waals surface area contributed by atoms with Crippen LogP contribution < -0.4 is 10.1 Å². The van der Waals surface area contributed by atoms with Crippen LogP contribution >= 0.6 is 0 Å². The maximum absolute atomic E-state index is 5.55. The number of likely N-dealkylation sites (N-methyl/N-ethyl adjacent to an activating group) is 1. The predicted octanol–water partition coefficient (Wildman–Crippen LogP) is 3.61. The SMILES string of the molecule is CCCCN(CC(NCC)c1ccccc1OC)C1CC1. The molecule has 0 bridgehead atoms. The maximum atomic E-state index is 5.55. The van der Waals surface area contributed by atoms with Gasteiger partial charge in [0, 0.05) is 24.2 Å². The van der Waals surface area contributed by atoms with Crippen LogP contribution in [0.3, 0.4) is 0 Å². The molecule has 1 saturated carbocycles. The van der Waals surface area contributed by atoms with E-state index in [1.165, 1.54) is 37.8 Å². The Balaban J connectivity index is 2.09. The third-order valence-corrected chi connectivity index (χ3v) is 4.24. The molecule has 3 heteroatoms. The van der Waals surface area contributed by atoms with Crippen molar-refractivity contribution in [3.8, 4) is 5.75 Å². The second-order valence-corrected chi connectivity index (χ2v) is 5.93. The summed E-state index contributed by atoms with van der Waals surface area (Å²) in [5, 5.41) is 3.64. The van der Waals surface area contributed by atoms with E-state index in [-0.39, 0.29) is 0 Å². The molecule has 0 aliphatic heterocycles. The third-order valence-electron chi connectivity index (χ3n) is 4.24. The van der Waals surface area contributed by atoms with Crippen LogP contribution in [-0.4, -0.2) is 37.7 Å². The van der Waals surface area contributed by atoms with Crippen LogP contribution in [0.4, 0.5) is 0 Å². The Morgan fingerprint density at radius 1 is 1.29 bits per heavy atom. The summed E-state index contributed by atoms with van der Waals surface area (Å²) in [5.41, 5.74) is 1.28. The van der Waals surface area contributed by atoms with Crippen LogP contribution in [0.2, 0.25) is 0 Å². The van der Waals surface area contributed by atoms with Gasteiger partial charge in [0.2, 0.25) is 0 Å². The number of hydrogen-bond acceptors (Lipinski definition) is 3. The second kappa shape index (κ2) is 8.40. The van der Waals surface area contributed by atoms with Gasteiger partial charge >= 0.3 is 0 Å². The molecule has 3 nitrogen and oxygen atoms in total. The Labute approximate surface area is 129 Å². The van der Waals surface area contributed by atoms with Crippen molar-refractivity contribution in [1.29, 1.82) is 0 Å². The van der Waals surface area contributed by atoms with E-state index in [1.807, 2.05) is 6.07 Å². The first kappa shape index (κ1) is 16.3. The Hall–Kier alpha value is -1.06. The van der Waals surface area contributed by atoms with Crippen molar-refractivity contribution in [2.75, 3.05) is 26.7 Å². The van der Waals surface area contributed by atoms with Crippen molar-refractivity contribution in [2.24, 2.45) is 0 Å². The lowest BCUT2D eigenvalue weighted by Crippen LogP contribution is -2.37. The molecule has 0 heterocycles. The fraction of sp³-hybridized carbons (Fsp3) is 0.667. The van der Waals surface area contributed by atoms with Crippen LogP contribution in [-0.2, 0) is 0 Å². The Morgan fingerprint density at radius 3 is 2.67 bits per heavy atom. The first-order chi connectivity index (χ1) is 10.3. The summed E-state index contributed by atoms with van der Waals surface area (Å²) in [6, 6.07) is 9.57. The molecule has 2 rings (SSSR count). The van der Waals surface area contributed by atoms with E-state index in [4.69, 9.17) is 4.74 Å². The standard InChI is InChI=1S/C18H30N2O/c1-4-6-13-20(15-11-12-15)14-17(19-5-2)16-9-7-8-10-18(16)21-3/h7-10,15,17,19H,4-6,11-14H2,1-3H3. The van der Waals surface area contributed by atoms with Crippen LogP contribution in [0.25, 0.3) is 0 Å². The van der Waals surface area contributed by atoms with Crippen molar-refractivity contribution in [1.82, 2.24) is 10.2 Å². The van der Waals surface area contributed by atoms with E-state index in [0.717, 1.165) is 24.9 Å². The van der Waals surface area contributed by atoms with Gasteiger partial charge in [-0.25, -0.2) is 0 Å². The van der Waals surface area contributed by atoms with Crippen LogP contribution in [0.5, 0.6) is 5.75 Å². The highest BCUT2D eigenvalue weighted by molar-refractivity contribution is 5.36. The molecule has 21 heavy (non-hydrogen) atoms. The Bertz CT molecular complexity index is 417. The van der Waals surface area contributed by atoms with Crippen LogP contribution in [0.15, 0.2) is 24.3 Å². The summed E-state index contributed by atoms with van der Waals surface area (Å²) >= 11 is 0. The minimum atomic E-state index is 0.351. The largest absolute Gasteiger partial charge is 0.496 e. The molecule has 1 aliphatic carbocycles. The zero-order chi connectivity index (χ0) is 15.1. The number of methoxy groups -OCH3 is 1. The third kappa shape index (κ3) is 4.72. The molecule has 0 amide bonds. The summed E-state index contributed by atoms with van der Waals surface area (Å²) in [4.78, 5) is 2.67. The topological polar surface area (TPSA) is 24.5 Å². The van der Waals surface area contributed by atoms with Gasteiger partial charge in [0.15, 0.2) is 0 Å². The summed E-state index contributed by atoms with van der Waals surface area (Å²) in [6.07, 6.45) is 5.30. The highest BCUT2D eigenvalue weighted by Crippen LogP contribution is 2.31. The van der Waals surface area contributed by atoms with E-state index in [9.17, 15) is 0 Å². The number of hydrogen-bond donors (Lipinski definition) is 1. The summed E-state index contributed by atoms with van der Waals surface area (Å²) in [6.45, 7) is 7.73. The van der Waals surface area contributed by atoms with Gasteiger partial charge in [-0.1, -0.05) is 38.5 Å². The lowest BCUT2D eigenvalue weighted by atomic mass is 10.0. The zero-order valence-electron chi connectivity index (χ0n) is 13.8. The Kier molecular flexibility index (Phi) is 6.52. The maximum Gasteiger partial charge on any atom is 0.123 e. The smallest absolute Gasteiger partial charge is 0.123 e. The molecular weight excluding hydrogens is 260 g/mol. The molecule has 0 saturated heterocycles. The molecule has 1 N–H and O–H groups in total. The van der Waals surface area contributed by atoms with Crippen molar-refractivity contribution in [3.05, 3.63) is 29.8 Å². The monoisotopic (exact) mass is 290 g/mol. The number of ether oxygens (including phenoxy) is 1. The molecule has 0 spiro atoms.